The minimum Gasteiger partial charge on any atom is -0.355 e. The van der Waals surface area contributed by atoms with Crippen LogP contribution in [0.5, 0.6) is 0 Å². The maximum Gasteiger partial charge on any atom is 0.233 e. The van der Waals surface area contributed by atoms with E-state index >= 15 is 0 Å². The van der Waals surface area contributed by atoms with Crippen LogP contribution in [-0.2, 0) is 11.3 Å². The Morgan fingerprint density at radius 1 is 1.25 bits per heavy atom. The molecule has 0 aromatic heterocycles. The Bertz CT molecular complexity index is 298. The zero-order valence-electron chi connectivity index (χ0n) is 9.83. The van der Waals surface area contributed by atoms with Gasteiger partial charge in [-0.1, -0.05) is 43.7 Å². The van der Waals surface area contributed by atoms with Crippen molar-refractivity contribution in [3.63, 3.8) is 0 Å². The Balaban J connectivity index is 2.09. The number of rotatable bonds is 7. The molecule has 88 valence electrons. The standard InChI is InChI=1S/C13H20N2O/c1-2-3-9-15-13(16)11-14-10-12-7-5-4-6-8-12/h4-8,14H,2-3,9-11H2,1H3,(H,15,16). The van der Waals surface area contributed by atoms with Gasteiger partial charge in [-0.3, -0.25) is 4.79 Å². The van der Waals surface area contributed by atoms with Gasteiger partial charge in [0.1, 0.15) is 0 Å². The van der Waals surface area contributed by atoms with E-state index in [4.69, 9.17) is 0 Å². The zero-order valence-corrected chi connectivity index (χ0v) is 9.83. The molecule has 3 nitrogen and oxygen atoms in total. The SMILES string of the molecule is CCCCNC(=O)CNCc1ccccc1. The molecule has 16 heavy (non-hydrogen) atoms. The van der Waals surface area contributed by atoms with Crippen LogP contribution in [0.15, 0.2) is 30.3 Å². The summed E-state index contributed by atoms with van der Waals surface area (Å²) in [6.07, 6.45) is 2.15. The number of hydrogen-bond donors (Lipinski definition) is 2. The molecule has 0 saturated heterocycles. The average molecular weight is 220 g/mol. The van der Waals surface area contributed by atoms with Gasteiger partial charge in [0.25, 0.3) is 0 Å². The molecule has 0 fully saturated rings. The molecule has 3 heteroatoms. The van der Waals surface area contributed by atoms with Gasteiger partial charge < -0.3 is 10.6 Å². The van der Waals surface area contributed by atoms with Crippen molar-refractivity contribution in [3.8, 4) is 0 Å². The fourth-order valence-corrected chi connectivity index (χ4v) is 1.38. The molecule has 0 saturated carbocycles. The summed E-state index contributed by atoms with van der Waals surface area (Å²) in [6.45, 7) is 4.02. The second-order valence-electron chi connectivity index (χ2n) is 3.79. The summed E-state index contributed by atoms with van der Waals surface area (Å²) in [5.74, 6) is 0.0735. The summed E-state index contributed by atoms with van der Waals surface area (Å²) in [5, 5.41) is 5.98. The van der Waals surface area contributed by atoms with Gasteiger partial charge in [-0.05, 0) is 12.0 Å². The number of amides is 1. The van der Waals surface area contributed by atoms with E-state index in [1.54, 1.807) is 0 Å². The largest absolute Gasteiger partial charge is 0.355 e. The van der Waals surface area contributed by atoms with Crippen LogP contribution in [-0.4, -0.2) is 19.0 Å². The van der Waals surface area contributed by atoms with Crippen LogP contribution in [0, 0.1) is 0 Å². The van der Waals surface area contributed by atoms with Crippen molar-refractivity contribution in [2.75, 3.05) is 13.1 Å². The van der Waals surface area contributed by atoms with E-state index in [2.05, 4.69) is 17.6 Å². The quantitative estimate of drug-likeness (QED) is 0.687. The third-order valence-corrected chi connectivity index (χ3v) is 2.31. The van der Waals surface area contributed by atoms with Crippen LogP contribution in [0.4, 0.5) is 0 Å². The van der Waals surface area contributed by atoms with Crippen LogP contribution in [0.1, 0.15) is 25.3 Å². The highest BCUT2D eigenvalue weighted by Crippen LogP contribution is 1.96. The first-order valence-corrected chi connectivity index (χ1v) is 5.84. The molecule has 0 aliphatic heterocycles. The summed E-state index contributed by atoms with van der Waals surface area (Å²) < 4.78 is 0. The highest BCUT2D eigenvalue weighted by atomic mass is 16.1. The molecular weight excluding hydrogens is 200 g/mol. The lowest BCUT2D eigenvalue weighted by molar-refractivity contribution is -0.120. The Hall–Kier alpha value is -1.35. The van der Waals surface area contributed by atoms with Crippen LogP contribution in [0.2, 0.25) is 0 Å². The predicted molar refractivity (Wildman–Crippen MR) is 66.1 cm³/mol. The third-order valence-electron chi connectivity index (χ3n) is 2.31. The number of carbonyl (C=O) groups excluding carboxylic acids is 1. The summed E-state index contributed by atoms with van der Waals surface area (Å²) in [5.41, 5.74) is 1.20. The number of nitrogens with one attached hydrogen (secondary N) is 2. The van der Waals surface area contributed by atoms with Crippen LogP contribution in [0.25, 0.3) is 0 Å². The Kier molecular flexibility index (Phi) is 6.26. The first kappa shape index (κ1) is 12.7. The summed E-state index contributed by atoms with van der Waals surface area (Å²) in [4.78, 5) is 11.3. The first-order valence-electron chi connectivity index (χ1n) is 5.84. The topological polar surface area (TPSA) is 41.1 Å². The van der Waals surface area contributed by atoms with E-state index in [0.29, 0.717) is 6.54 Å². The lowest BCUT2D eigenvalue weighted by atomic mass is 10.2. The molecule has 0 aliphatic carbocycles. The van der Waals surface area contributed by atoms with Crippen molar-refractivity contribution in [2.24, 2.45) is 0 Å². The lowest BCUT2D eigenvalue weighted by Gasteiger charge is -2.06. The fraction of sp³-hybridized carbons (Fsp3) is 0.462. The lowest BCUT2D eigenvalue weighted by Crippen LogP contribution is -2.34. The smallest absolute Gasteiger partial charge is 0.233 e. The highest BCUT2D eigenvalue weighted by molar-refractivity contribution is 5.77. The summed E-state index contributed by atoms with van der Waals surface area (Å²) in [6, 6.07) is 10.1. The molecule has 1 amide bonds. The van der Waals surface area contributed by atoms with E-state index in [1.165, 1.54) is 5.56 Å². The normalized spacial score (nSPS) is 10.1. The second kappa shape index (κ2) is 7.88. The van der Waals surface area contributed by atoms with Gasteiger partial charge in [0.2, 0.25) is 5.91 Å². The summed E-state index contributed by atoms with van der Waals surface area (Å²) >= 11 is 0. The molecule has 0 unspecified atom stereocenters. The highest BCUT2D eigenvalue weighted by Gasteiger charge is 1.98. The minimum atomic E-state index is 0.0735. The molecule has 0 aliphatic rings. The number of benzene rings is 1. The second-order valence-corrected chi connectivity index (χ2v) is 3.79. The average Bonchev–Trinajstić information content (AvgIpc) is 2.31. The van der Waals surface area contributed by atoms with Crippen molar-refractivity contribution in [3.05, 3.63) is 35.9 Å². The molecule has 0 bridgehead atoms. The third kappa shape index (κ3) is 5.51. The molecule has 0 heterocycles. The molecule has 2 N–H and O–H groups in total. The van der Waals surface area contributed by atoms with Crippen molar-refractivity contribution >= 4 is 5.91 Å². The molecule has 0 spiro atoms. The van der Waals surface area contributed by atoms with Gasteiger partial charge in [0, 0.05) is 13.1 Å². The fourth-order valence-electron chi connectivity index (χ4n) is 1.38. The first-order chi connectivity index (χ1) is 7.83. The van der Waals surface area contributed by atoms with Gasteiger partial charge in [-0.25, -0.2) is 0 Å². The van der Waals surface area contributed by atoms with Gasteiger partial charge in [-0.15, -0.1) is 0 Å². The van der Waals surface area contributed by atoms with Crippen molar-refractivity contribution in [1.82, 2.24) is 10.6 Å². The Morgan fingerprint density at radius 2 is 2.00 bits per heavy atom. The van der Waals surface area contributed by atoms with E-state index in [-0.39, 0.29) is 5.91 Å². The van der Waals surface area contributed by atoms with Gasteiger partial charge >= 0.3 is 0 Å². The van der Waals surface area contributed by atoms with E-state index in [0.717, 1.165) is 25.9 Å². The number of hydrogen-bond acceptors (Lipinski definition) is 2. The maximum atomic E-state index is 11.3. The van der Waals surface area contributed by atoms with E-state index in [1.807, 2.05) is 30.3 Å². The van der Waals surface area contributed by atoms with Gasteiger partial charge in [0.05, 0.1) is 6.54 Å². The number of unbranched alkanes of at least 4 members (excludes halogenated alkanes) is 1. The zero-order chi connectivity index (χ0) is 11.6. The maximum absolute atomic E-state index is 11.3. The molecule has 0 atom stereocenters. The van der Waals surface area contributed by atoms with E-state index < -0.39 is 0 Å². The molecule has 1 rings (SSSR count). The molecular formula is C13H20N2O. The summed E-state index contributed by atoms with van der Waals surface area (Å²) in [7, 11) is 0. The van der Waals surface area contributed by atoms with Crippen molar-refractivity contribution in [2.45, 2.75) is 26.3 Å². The van der Waals surface area contributed by atoms with E-state index in [9.17, 15) is 4.79 Å². The predicted octanol–water partition coefficient (Wildman–Crippen LogP) is 1.69. The Labute approximate surface area is 97.2 Å². The van der Waals surface area contributed by atoms with Crippen LogP contribution in [0.3, 0.4) is 0 Å². The van der Waals surface area contributed by atoms with Gasteiger partial charge in [-0.2, -0.15) is 0 Å². The van der Waals surface area contributed by atoms with Crippen LogP contribution >= 0.6 is 0 Å². The molecule has 1 aromatic carbocycles. The minimum absolute atomic E-state index is 0.0735. The van der Waals surface area contributed by atoms with Crippen LogP contribution < -0.4 is 10.6 Å². The van der Waals surface area contributed by atoms with Gasteiger partial charge in [0.15, 0.2) is 0 Å². The Morgan fingerprint density at radius 3 is 2.69 bits per heavy atom. The van der Waals surface area contributed by atoms with Crippen molar-refractivity contribution < 1.29 is 4.79 Å². The molecule has 1 aromatic rings. The monoisotopic (exact) mass is 220 g/mol. The van der Waals surface area contributed by atoms with Crippen molar-refractivity contribution in [1.29, 1.82) is 0 Å². The number of carbonyl (C=O) groups is 1. The molecule has 0 radical (unpaired) electrons.